The Morgan fingerprint density at radius 3 is 2.78 bits per heavy atom. The molecule has 2 rings (SSSR count). The maximum absolute atomic E-state index is 11.8. The molecule has 5 heteroatoms. The minimum absolute atomic E-state index is 0.277. The third-order valence-corrected chi connectivity index (χ3v) is 2.68. The highest BCUT2D eigenvalue weighted by atomic mass is 16.5. The summed E-state index contributed by atoms with van der Waals surface area (Å²) in [5, 5.41) is 3.19. The van der Waals surface area contributed by atoms with Crippen LogP contribution in [0.2, 0.25) is 0 Å². The van der Waals surface area contributed by atoms with Crippen molar-refractivity contribution in [3.05, 3.63) is 30.5 Å². The van der Waals surface area contributed by atoms with Crippen LogP contribution in [0.15, 0.2) is 30.5 Å². The molecular weight excluding hydrogens is 232 g/mol. The van der Waals surface area contributed by atoms with E-state index in [2.05, 4.69) is 5.32 Å². The molecule has 0 aliphatic heterocycles. The lowest BCUT2D eigenvalue weighted by molar-refractivity contribution is -0.119. The van der Waals surface area contributed by atoms with Gasteiger partial charge in [0, 0.05) is 18.0 Å². The maximum atomic E-state index is 11.8. The van der Waals surface area contributed by atoms with E-state index in [9.17, 15) is 9.59 Å². The quantitative estimate of drug-likeness (QED) is 0.883. The summed E-state index contributed by atoms with van der Waals surface area (Å²) in [5.41, 5.74) is 0.734. The van der Waals surface area contributed by atoms with E-state index in [1.807, 2.05) is 6.07 Å². The van der Waals surface area contributed by atoms with E-state index >= 15 is 0 Å². The predicted molar refractivity (Wildman–Crippen MR) is 67.7 cm³/mol. The fourth-order valence-electron chi connectivity index (χ4n) is 1.69. The Balaban J connectivity index is 2.34. The molecule has 0 aliphatic carbocycles. The number of rotatable bonds is 2. The molecule has 1 heterocycles. The van der Waals surface area contributed by atoms with E-state index in [0.29, 0.717) is 0 Å². The lowest BCUT2D eigenvalue weighted by atomic mass is 10.2. The van der Waals surface area contributed by atoms with Gasteiger partial charge in [0.2, 0.25) is 5.91 Å². The van der Waals surface area contributed by atoms with Crippen molar-refractivity contribution in [3.63, 3.8) is 0 Å². The molecule has 0 atom stereocenters. The van der Waals surface area contributed by atoms with Crippen molar-refractivity contribution < 1.29 is 14.3 Å². The number of hydrogen-bond donors (Lipinski definition) is 1. The summed E-state index contributed by atoms with van der Waals surface area (Å²) in [6, 6.07) is 6.74. The van der Waals surface area contributed by atoms with Crippen molar-refractivity contribution in [1.29, 1.82) is 0 Å². The fourth-order valence-corrected chi connectivity index (χ4v) is 1.69. The molecule has 2 amide bonds. The first kappa shape index (κ1) is 12.2. The fraction of sp³-hybridized carbons (Fsp3) is 0.231. The van der Waals surface area contributed by atoms with E-state index in [4.69, 9.17) is 4.74 Å². The van der Waals surface area contributed by atoms with Crippen LogP contribution in [0.1, 0.15) is 13.3 Å². The van der Waals surface area contributed by atoms with Gasteiger partial charge in [-0.1, -0.05) is 6.92 Å². The molecule has 0 spiro atoms. The second-order valence-electron chi connectivity index (χ2n) is 3.82. The Hall–Kier alpha value is -2.30. The molecule has 94 valence electrons. The zero-order chi connectivity index (χ0) is 13.1. The third kappa shape index (κ3) is 2.20. The van der Waals surface area contributed by atoms with Crippen molar-refractivity contribution in [2.24, 2.45) is 0 Å². The second kappa shape index (κ2) is 4.91. The molecular formula is C13H14N2O3. The molecule has 2 aromatic rings. The van der Waals surface area contributed by atoms with Crippen LogP contribution in [0.4, 0.5) is 4.79 Å². The van der Waals surface area contributed by atoms with E-state index < -0.39 is 6.03 Å². The van der Waals surface area contributed by atoms with Crippen LogP contribution in [-0.2, 0) is 4.79 Å². The van der Waals surface area contributed by atoms with Gasteiger partial charge in [0.05, 0.1) is 12.6 Å². The van der Waals surface area contributed by atoms with E-state index in [1.165, 1.54) is 4.57 Å². The first-order valence-corrected chi connectivity index (χ1v) is 5.65. The largest absolute Gasteiger partial charge is 0.497 e. The monoisotopic (exact) mass is 246 g/mol. The van der Waals surface area contributed by atoms with Crippen LogP contribution >= 0.6 is 0 Å². The number of nitrogens with zero attached hydrogens (tertiary/aromatic N) is 1. The van der Waals surface area contributed by atoms with Gasteiger partial charge in [0.25, 0.3) is 0 Å². The number of carbonyl (C=O) groups is 2. The number of ether oxygens (including phenoxy) is 1. The Morgan fingerprint density at radius 1 is 1.33 bits per heavy atom. The highest BCUT2D eigenvalue weighted by Gasteiger charge is 2.11. The zero-order valence-corrected chi connectivity index (χ0v) is 10.3. The van der Waals surface area contributed by atoms with Gasteiger partial charge in [-0.2, -0.15) is 0 Å². The van der Waals surface area contributed by atoms with Crippen LogP contribution in [-0.4, -0.2) is 23.6 Å². The summed E-state index contributed by atoms with van der Waals surface area (Å²) in [7, 11) is 1.59. The maximum Gasteiger partial charge on any atom is 0.332 e. The number of aromatic nitrogens is 1. The summed E-state index contributed by atoms with van der Waals surface area (Å²) < 4.78 is 6.52. The third-order valence-electron chi connectivity index (χ3n) is 2.68. The molecule has 18 heavy (non-hydrogen) atoms. The van der Waals surface area contributed by atoms with Gasteiger partial charge in [0.15, 0.2) is 0 Å². The van der Waals surface area contributed by atoms with Crippen molar-refractivity contribution in [3.8, 4) is 5.75 Å². The van der Waals surface area contributed by atoms with Crippen molar-refractivity contribution in [2.45, 2.75) is 13.3 Å². The summed E-state index contributed by atoms with van der Waals surface area (Å²) in [6.45, 7) is 1.70. The van der Waals surface area contributed by atoms with E-state index in [1.54, 1.807) is 38.4 Å². The van der Waals surface area contributed by atoms with Gasteiger partial charge >= 0.3 is 6.03 Å². The van der Waals surface area contributed by atoms with E-state index in [0.717, 1.165) is 16.7 Å². The first-order valence-electron chi connectivity index (χ1n) is 5.65. The van der Waals surface area contributed by atoms with Gasteiger partial charge in [-0.25, -0.2) is 4.79 Å². The Morgan fingerprint density at radius 2 is 2.11 bits per heavy atom. The number of fused-ring (bicyclic) bond motifs is 1. The molecule has 0 radical (unpaired) electrons. The minimum atomic E-state index is -0.443. The van der Waals surface area contributed by atoms with Crippen LogP contribution in [0, 0.1) is 0 Å². The molecule has 5 nitrogen and oxygen atoms in total. The van der Waals surface area contributed by atoms with Crippen LogP contribution < -0.4 is 10.1 Å². The number of methoxy groups -OCH3 is 1. The summed E-state index contributed by atoms with van der Waals surface area (Å²) in [5.74, 6) is 0.431. The molecule has 0 fully saturated rings. The van der Waals surface area contributed by atoms with E-state index in [-0.39, 0.29) is 12.3 Å². The Labute approximate surface area is 104 Å². The van der Waals surface area contributed by atoms with Crippen molar-refractivity contribution >= 4 is 22.8 Å². The molecule has 0 bridgehead atoms. The lowest BCUT2D eigenvalue weighted by Crippen LogP contribution is -2.33. The molecule has 0 unspecified atom stereocenters. The topological polar surface area (TPSA) is 60.3 Å². The number of nitrogens with one attached hydrogen (secondary N) is 1. The Kier molecular flexibility index (Phi) is 3.32. The Bertz CT molecular complexity index is 601. The summed E-state index contributed by atoms with van der Waals surface area (Å²) in [6.07, 6.45) is 1.90. The predicted octanol–water partition coefficient (Wildman–Crippen LogP) is 2.14. The smallest absolute Gasteiger partial charge is 0.332 e. The molecule has 0 aliphatic rings. The number of amides is 2. The minimum Gasteiger partial charge on any atom is -0.497 e. The number of benzene rings is 1. The highest BCUT2D eigenvalue weighted by molar-refractivity contribution is 6.00. The zero-order valence-electron chi connectivity index (χ0n) is 10.3. The first-order chi connectivity index (χ1) is 8.65. The molecule has 1 aromatic carbocycles. The van der Waals surface area contributed by atoms with Gasteiger partial charge in [0.1, 0.15) is 5.75 Å². The van der Waals surface area contributed by atoms with Crippen LogP contribution in [0.25, 0.3) is 10.9 Å². The van der Waals surface area contributed by atoms with Gasteiger partial charge in [-0.15, -0.1) is 0 Å². The van der Waals surface area contributed by atoms with Gasteiger partial charge < -0.3 is 4.74 Å². The second-order valence-corrected chi connectivity index (χ2v) is 3.82. The molecule has 0 saturated heterocycles. The van der Waals surface area contributed by atoms with Crippen LogP contribution in [0.3, 0.4) is 0 Å². The van der Waals surface area contributed by atoms with Crippen LogP contribution in [0.5, 0.6) is 5.75 Å². The summed E-state index contributed by atoms with van der Waals surface area (Å²) in [4.78, 5) is 23.0. The molecule has 0 saturated carbocycles. The summed E-state index contributed by atoms with van der Waals surface area (Å²) >= 11 is 0. The lowest BCUT2D eigenvalue weighted by Gasteiger charge is -2.05. The highest BCUT2D eigenvalue weighted by Crippen LogP contribution is 2.21. The van der Waals surface area contributed by atoms with Crippen molar-refractivity contribution in [1.82, 2.24) is 9.88 Å². The average molecular weight is 246 g/mol. The SMILES string of the molecule is CCC(=O)NC(=O)n1ccc2cc(OC)ccc21. The number of carbonyl (C=O) groups excluding carboxylic acids is 2. The van der Waals surface area contributed by atoms with Crippen molar-refractivity contribution in [2.75, 3.05) is 7.11 Å². The molecule has 1 N–H and O–H groups in total. The average Bonchev–Trinajstić information content (AvgIpc) is 2.81. The standard InChI is InChI=1S/C13H14N2O3/c1-3-12(16)14-13(17)15-7-6-9-8-10(18-2)4-5-11(9)15/h4-8H,3H2,1-2H3,(H,14,16,17). The number of imide groups is 1. The molecule has 1 aromatic heterocycles. The number of hydrogen-bond acceptors (Lipinski definition) is 3. The van der Waals surface area contributed by atoms with Gasteiger partial charge in [-0.05, 0) is 24.3 Å². The normalized spacial score (nSPS) is 10.3. The van der Waals surface area contributed by atoms with Gasteiger partial charge in [-0.3, -0.25) is 14.7 Å².